The summed E-state index contributed by atoms with van der Waals surface area (Å²) in [4.78, 5) is 27.2. The largest absolute Gasteiger partial charge is 0.325 e. The Bertz CT molecular complexity index is 763. The Kier molecular flexibility index (Phi) is 4.02. The highest BCUT2D eigenvalue weighted by Gasteiger charge is 2.28. The van der Waals surface area contributed by atoms with Crippen molar-refractivity contribution in [1.82, 2.24) is 0 Å². The Morgan fingerprint density at radius 3 is 2.62 bits per heavy atom. The number of benzene rings is 2. The van der Waals surface area contributed by atoms with Gasteiger partial charge in [0.15, 0.2) is 0 Å². The Balaban J connectivity index is 1.41. The van der Waals surface area contributed by atoms with E-state index in [2.05, 4.69) is 17.4 Å². The van der Waals surface area contributed by atoms with Crippen LogP contribution >= 0.6 is 11.8 Å². The maximum atomic E-state index is 12.5. The fourth-order valence-electron chi connectivity index (χ4n) is 3.20. The number of hydrogen-bond acceptors (Lipinski definition) is 3. The van der Waals surface area contributed by atoms with Gasteiger partial charge in [-0.25, -0.2) is 0 Å². The summed E-state index contributed by atoms with van der Waals surface area (Å²) in [6, 6.07) is 15.7. The minimum absolute atomic E-state index is 0.0289. The third-order valence-electron chi connectivity index (χ3n) is 4.46. The fraction of sp³-hybridized carbons (Fsp3) is 0.263. The molecule has 24 heavy (non-hydrogen) atoms. The van der Waals surface area contributed by atoms with E-state index in [1.807, 2.05) is 36.4 Å². The first-order chi connectivity index (χ1) is 11.7. The Morgan fingerprint density at radius 2 is 1.92 bits per heavy atom. The molecule has 0 saturated carbocycles. The fourth-order valence-corrected chi connectivity index (χ4v) is 4.39. The van der Waals surface area contributed by atoms with Gasteiger partial charge in [-0.05, 0) is 48.7 Å². The Hall–Kier alpha value is -2.27. The number of thioether (sulfide) groups is 1. The van der Waals surface area contributed by atoms with Gasteiger partial charge >= 0.3 is 0 Å². The van der Waals surface area contributed by atoms with Crippen LogP contribution in [0.3, 0.4) is 0 Å². The van der Waals surface area contributed by atoms with Gasteiger partial charge in [-0.1, -0.05) is 18.2 Å². The lowest BCUT2D eigenvalue weighted by Gasteiger charge is -2.16. The first-order valence-electron chi connectivity index (χ1n) is 8.16. The van der Waals surface area contributed by atoms with Crippen molar-refractivity contribution >= 4 is 35.0 Å². The molecule has 5 heteroatoms. The van der Waals surface area contributed by atoms with Crippen LogP contribution < -0.4 is 10.2 Å². The van der Waals surface area contributed by atoms with Gasteiger partial charge < -0.3 is 10.2 Å². The lowest BCUT2D eigenvalue weighted by molar-refractivity contribution is -0.117. The molecule has 4 rings (SSSR count). The molecule has 4 nitrogen and oxygen atoms in total. The number of carbonyl (C=O) groups excluding carboxylic acids is 2. The quantitative estimate of drug-likeness (QED) is 0.932. The monoisotopic (exact) mass is 338 g/mol. The van der Waals surface area contributed by atoms with Crippen LogP contribution in [-0.2, 0) is 16.0 Å². The second-order valence-corrected chi connectivity index (χ2v) is 7.35. The Labute approximate surface area is 145 Å². The first kappa shape index (κ1) is 15.3. The van der Waals surface area contributed by atoms with Crippen molar-refractivity contribution in [1.29, 1.82) is 0 Å². The molecule has 2 aliphatic rings. The van der Waals surface area contributed by atoms with Gasteiger partial charge in [-0.2, -0.15) is 0 Å². The van der Waals surface area contributed by atoms with Crippen molar-refractivity contribution in [3.05, 3.63) is 54.1 Å². The number of hydrogen-bond donors (Lipinski definition) is 1. The highest BCUT2D eigenvalue weighted by molar-refractivity contribution is 8.01. The summed E-state index contributed by atoms with van der Waals surface area (Å²) < 4.78 is 0. The third-order valence-corrected chi connectivity index (χ3v) is 5.78. The molecular formula is C19H18N2O2S. The topological polar surface area (TPSA) is 49.4 Å². The normalized spacial score (nSPS) is 19.4. The Morgan fingerprint density at radius 1 is 1.12 bits per heavy atom. The first-order valence-corrected chi connectivity index (χ1v) is 9.04. The molecular weight excluding hydrogens is 320 g/mol. The predicted octanol–water partition coefficient (Wildman–Crippen LogP) is 3.47. The van der Waals surface area contributed by atoms with Crippen LogP contribution in [0.1, 0.15) is 18.4 Å². The summed E-state index contributed by atoms with van der Waals surface area (Å²) in [5, 5.41) is 2.90. The molecule has 1 fully saturated rings. The van der Waals surface area contributed by atoms with Crippen LogP contribution in [0.2, 0.25) is 0 Å². The van der Waals surface area contributed by atoms with E-state index in [-0.39, 0.29) is 17.1 Å². The minimum Gasteiger partial charge on any atom is -0.325 e. The van der Waals surface area contributed by atoms with E-state index in [0.29, 0.717) is 6.42 Å². The molecule has 2 aromatic carbocycles. The molecule has 1 unspecified atom stereocenters. The lowest BCUT2D eigenvalue weighted by Crippen LogP contribution is -2.25. The van der Waals surface area contributed by atoms with Crippen molar-refractivity contribution in [2.45, 2.75) is 29.4 Å². The summed E-state index contributed by atoms with van der Waals surface area (Å²) in [6.45, 7) is 0.779. The molecule has 1 atom stereocenters. The van der Waals surface area contributed by atoms with Gasteiger partial charge in [-0.3, -0.25) is 9.59 Å². The van der Waals surface area contributed by atoms with Crippen LogP contribution in [-0.4, -0.2) is 23.6 Å². The van der Waals surface area contributed by atoms with E-state index in [9.17, 15) is 9.59 Å². The molecule has 0 aromatic heterocycles. The average molecular weight is 338 g/mol. The molecule has 2 amide bonds. The van der Waals surface area contributed by atoms with Crippen LogP contribution in [0.5, 0.6) is 0 Å². The van der Waals surface area contributed by atoms with Crippen LogP contribution in [0.25, 0.3) is 0 Å². The smallest absolute Gasteiger partial charge is 0.238 e. The molecule has 2 aromatic rings. The second kappa shape index (κ2) is 6.32. The maximum Gasteiger partial charge on any atom is 0.238 e. The maximum absolute atomic E-state index is 12.5. The zero-order chi connectivity index (χ0) is 16.5. The highest BCUT2D eigenvalue weighted by atomic mass is 32.2. The van der Waals surface area contributed by atoms with E-state index in [1.54, 1.807) is 16.7 Å². The van der Waals surface area contributed by atoms with E-state index in [0.717, 1.165) is 30.8 Å². The molecule has 2 aliphatic heterocycles. The zero-order valence-corrected chi connectivity index (χ0v) is 14.0. The van der Waals surface area contributed by atoms with Crippen LogP contribution in [0, 0.1) is 0 Å². The number of amides is 2. The molecule has 0 spiro atoms. The van der Waals surface area contributed by atoms with Crippen molar-refractivity contribution in [3.8, 4) is 0 Å². The third kappa shape index (κ3) is 2.91. The number of rotatable bonds is 3. The zero-order valence-electron chi connectivity index (χ0n) is 13.2. The molecule has 0 radical (unpaired) electrons. The van der Waals surface area contributed by atoms with Gasteiger partial charge in [0.25, 0.3) is 0 Å². The van der Waals surface area contributed by atoms with E-state index < -0.39 is 0 Å². The van der Waals surface area contributed by atoms with Crippen molar-refractivity contribution in [2.75, 3.05) is 16.8 Å². The number of anilines is 2. The van der Waals surface area contributed by atoms with E-state index >= 15 is 0 Å². The van der Waals surface area contributed by atoms with Gasteiger partial charge in [0.05, 0.1) is 5.25 Å². The number of nitrogens with one attached hydrogen (secondary N) is 1. The summed E-state index contributed by atoms with van der Waals surface area (Å²) in [5.74, 6) is 0.202. The van der Waals surface area contributed by atoms with Gasteiger partial charge in [0.1, 0.15) is 0 Å². The van der Waals surface area contributed by atoms with Crippen LogP contribution in [0.15, 0.2) is 53.4 Å². The average Bonchev–Trinajstić information content (AvgIpc) is 3.21. The number of carbonyl (C=O) groups is 2. The summed E-state index contributed by atoms with van der Waals surface area (Å²) >= 11 is 1.62. The molecule has 1 saturated heterocycles. The lowest BCUT2D eigenvalue weighted by atomic mass is 10.1. The molecule has 122 valence electrons. The SMILES string of the molecule is O=C(Nc1ccc(N2CCCC2=O)cc1)C1Cc2ccccc2S1. The van der Waals surface area contributed by atoms with E-state index in [4.69, 9.17) is 0 Å². The van der Waals surface area contributed by atoms with E-state index in [1.165, 1.54) is 10.5 Å². The predicted molar refractivity (Wildman–Crippen MR) is 96.4 cm³/mol. The van der Waals surface area contributed by atoms with Crippen LogP contribution in [0.4, 0.5) is 11.4 Å². The second-order valence-electron chi connectivity index (χ2n) is 6.10. The standard InChI is InChI=1S/C19H18N2O2S/c22-18-6-3-11-21(18)15-9-7-14(8-10-15)20-19(23)17-12-13-4-1-2-5-16(13)24-17/h1-2,4-5,7-10,17H,3,6,11-12H2,(H,20,23). The number of fused-ring (bicyclic) bond motifs is 1. The van der Waals surface area contributed by atoms with Gasteiger partial charge in [0.2, 0.25) is 11.8 Å². The molecule has 1 N–H and O–H groups in total. The summed E-state index contributed by atoms with van der Waals surface area (Å²) in [7, 11) is 0. The van der Waals surface area contributed by atoms with Gasteiger partial charge in [0, 0.05) is 29.2 Å². The molecule has 2 heterocycles. The van der Waals surface area contributed by atoms with Gasteiger partial charge in [-0.15, -0.1) is 11.8 Å². The van der Waals surface area contributed by atoms with Crippen molar-refractivity contribution in [2.24, 2.45) is 0 Å². The highest BCUT2D eigenvalue weighted by Crippen LogP contribution is 2.37. The molecule has 0 aliphatic carbocycles. The number of nitrogens with zero attached hydrogens (tertiary/aromatic N) is 1. The van der Waals surface area contributed by atoms with Crippen molar-refractivity contribution < 1.29 is 9.59 Å². The summed E-state index contributed by atoms with van der Waals surface area (Å²) in [5.41, 5.74) is 2.91. The minimum atomic E-state index is -0.0813. The van der Waals surface area contributed by atoms with Crippen molar-refractivity contribution in [3.63, 3.8) is 0 Å². The summed E-state index contributed by atoms with van der Waals surface area (Å²) in [6.07, 6.45) is 2.31. The molecule has 0 bridgehead atoms.